The number of nitrogens with one attached hydrogen (secondary N) is 2. The third-order valence-electron chi connectivity index (χ3n) is 4.93. The normalized spacial score (nSPS) is 25.0. The van der Waals surface area contributed by atoms with Crippen molar-refractivity contribution in [2.24, 2.45) is 10.9 Å². The number of nitrogens with zero attached hydrogens (tertiary/aromatic N) is 2. The predicted molar refractivity (Wildman–Crippen MR) is 103 cm³/mol. The zero-order valence-corrected chi connectivity index (χ0v) is 15.8. The van der Waals surface area contributed by atoms with Crippen LogP contribution in [-0.4, -0.2) is 49.7 Å². The second kappa shape index (κ2) is 8.68. The Bertz CT molecular complexity index is 575. The van der Waals surface area contributed by atoms with Gasteiger partial charge in [-0.15, -0.1) is 0 Å². The summed E-state index contributed by atoms with van der Waals surface area (Å²) in [5, 5.41) is 6.89. The molecule has 138 valence electrons. The molecule has 0 radical (unpaired) electrons. The van der Waals surface area contributed by atoms with Crippen molar-refractivity contribution in [3.8, 4) is 0 Å². The van der Waals surface area contributed by atoms with Crippen molar-refractivity contribution in [2.75, 3.05) is 26.7 Å². The lowest BCUT2D eigenvalue weighted by molar-refractivity contribution is -0.0705. The summed E-state index contributed by atoms with van der Waals surface area (Å²) in [7, 11) is 1.84. The van der Waals surface area contributed by atoms with E-state index in [4.69, 9.17) is 4.74 Å². The van der Waals surface area contributed by atoms with E-state index in [9.17, 15) is 0 Å². The smallest absolute Gasteiger partial charge is 0.191 e. The van der Waals surface area contributed by atoms with Gasteiger partial charge in [-0.2, -0.15) is 0 Å². The standard InChI is InChI=1S/C20H32N4O/c1-15-12-24(13-16(2)25-15)14-19-7-5-4-6-18(19)11-23-20(21-3)22-10-17-8-9-17/h4-7,15-17H,8-14H2,1-3H3,(H2,21,22,23). The fraction of sp³-hybridized carbons (Fsp3) is 0.650. The van der Waals surface area contributed by atoms with Gasteiger partial charge in [0.2, 0.25) is 0 Å². The maximum atomic E-state index is 5.85. The molecule has 1 aromatic rings. The zero-order chi connectivity index (χ0) is 17.6. The number of ether oxygens (including phenoxy) is 1. The van der Waals surface area contributed by atoms with Gasteiger partial charge in [0.25, 0.3) is 0 Å². The zero-order valence-electron chi connectivity index (χ0n) is 15.8. The molecule has 5 nitrogen and oxygen atoms in total. The summed E-state index contributed by atoms with van der Waals surface area (Å²) in [6, 6.07) is 8.70. The van der Waals surface area contributed by atoms with Gasteiger partial charge in [0, 0.05) is 39.8 Å². The molecule has 1 saturated carbocycles. The van der Waals surface area contributed by atoms with Crippen LogP contribution in [0.5, 0.6) is 0 Å². The summed E-state index contributed by atoms with van der Waals surface area (Å²) >= 11 is 0. The monoisotopic (exact) mass is 344 g/mol. The molecule has 2 unspecified atom stereocenters. The van der Waals surface area contributed by atoms with Crippen LogP contribution in [0.3, 0.4) is 0 Å². The first-order chi connectivity index (χ1) is 12.1. The SMILES string of the molecule is CN=C(NCc1ccccc1CN1CC(C)OC(C)C1)NCC1CC1. The van der Waals surface area contributed by atoms with E-state index in [1.807, 2.05) is 7.05 Å². The van der Waals surface area contributed by atoms with Crippen LogP contribution >= 0.6 is 0 Å². The van der Waals surface area contributed by atoms with E-state index in [0.29, 0.717) is 12.2 Å². The van der Waals surface area contributed by atoms with Gasteiger partial charge in [0.1, 0.15) is 0 Å². The lowest BCUT2D eigenvalue weighted by Gasteiger charge is -2.35. The number of hydrogen-bond donors (Lipinski definition) is 2. The molecule has 1 saturated heterocycles. The summed E-state index contributed by atoms with van der Waals surface area (Å²) in [6.45, 7) is 9.12. The Kier molecular flexibility index (Phi) is 6.32. The first-order valence-corrected chi connectivity index (χ1v) is 9.53. The highest BCUT2D eigenvalue weighted by molar-refractivity contribution is 5.79. The van der Waals surface area contributed by atoms with E-state index in [2.05, 4.69) is 58.6 Å². The fourth-order valence-corrected chi connectivity index (χ4v) is 3.50. The minimum Gasteiger partial charge on any atom is -0.373 e. The van der Waals surface area contributed by atoms with Gasteiger partial charge in [-0.3, -0.25) is 9.89 Å². The van der Waals surface area contributed by atoms with Crippen molar-refractivity contribution < 1.29 is 4.74 Å². The number of rotatable bonds is 6. The molecule has 2 aliphatic rings. The van der Waals surface area contributed by atoms with Gasteiger partial charge in [-0.1, -0.05) is 24.3 Å². The molecule has 3 rings (SSSR count). The predicted octanol–water partition coefficient (Wildman–Crippen LogP) is 2.37. The lowest BCUT2D eigenvalue weighted by atomic mass is 10.1. The molecule has 0 amide bonds. The number of guanidine groups is 1. The number of morpholine rings is 1. The van der Waals surface area contributed by atoms with E-state index < -0.39 is 0 Å². The van der Waals surface area contributed by atoms with Crippen LogP contribution in [0.1, 0.15) is 37.8 Å². The molecule has 2 atom stereocenters. The second-order valence-corrected chi connectivity index (χ2v) is 7.47. The van der Waals surface area contributed by atoms with Crippen LogP contribution in [0.25, 0.3) is 0 Å². The molecule has 2 fully saturated rings. The maximum absolute atomic E-state index is 5.85. The Balaban J connectivity index is 1.56. The largest absolute Gasteiger partial charge is 0.373 e. The second-order valence-electron chi connectivity index (χ2n) is 7.47. The average Bonchev–Trinajstić information content (AvgIpc) is 3.40. The molecule has 5 heteroatoms. The Morgan fingerprint density at radius 2 is 1.80 bits per heavy atom. The third-order valence-corrected chi connectivity index (χ3v) is 4.93. The van der Waals surface area contributed by atoms with Crippen molar-refractivity contribution in [1.82, 2.24) is 15.5 Å². The summed E-state index contributed by atoms with van der Waals surface area (Å²) in [6.07, 6.45) is 3.31. The minimum absolute atomic E-state index is 0.305. The number of benzene rings is 1. The Morgan fingerprint density at radius 1 is 1.12 bits per heavy atom. The Labute approximate surface area is 151 Å². The van der Waals surface area contributed by atoms with Gasteiger partial charge in [-0.25, -0.2) is 0 Å². The highest BCUT2D eigenvalue weighted by Gasteiger charge is 2.23. The quantitative estimate of drug-likeness (QED) is 0.614. The third kappa shape index (κ3) is 5.72. The average molecular weight is 345 g/mol. The van der Waals surface area contributed by atoms with Crippen LogP contribution in [0.4, 0.5) is 0 Å². The molecule has 0 spiro atoms. The molecule has 1 heterocycles. The van der Waals surface area contributed by atoms with Gasteiger partial charge in [-0.05, 0) is 43.7 Å². The molecular formula is C20H32N4O. The Morgan fingerprint density at radius 3 is 2.44 bits per heavy atom. The molecule has 1 aromatic carbocycles. The first-order valence-electron chi connectivity index (χ1n) is 9.53. The lowest BCUT2D eigenvalue weighted by Crippen LogP contribution is -2.45. The van der Waals surface area contributed by atoms with Crippen LogP contribution in [0, 0.1) is 5.92 Å². The van der Waals surface area contributed by atoms with Crippen molar-refractivity contribution >= 4 is 5.96 Å². The number of aliphatic imine (C=N–C) groups is 1. The number of hydrogen-bond acceptors (Lipinski definition) is 3. The molecular weight excluding hydrogens is 312 g/mol. The molecule has 1 aliphatic carbocycles. The summed E-state index contributed by atoms with van der Waals surface area (Å²) in [4.78, 5) is 6.83. The maximum Gasteiger partial charge on any atom is 0.191 e. The van der Waals surface area contributed by atoms with Gasteiger partial charge < -0.3 is 15.4 Å². The van der Waals surface area contributed by atoms with Crippen molar-refractivity contribution in [1.29, 1.82) is 0 Å². The molecule has 2 N–H and O–H groups in total. The highest BCUT2D eigenvalue weighted by atomic mass is 16.5. The van der Waals surface area contributed by atoms with Crippen LogP contribution in [-0.2, 0) is 17.8 Å². The van der Waals surface area contributed by atoms with Crippen molar-refractivity contribution in [3.05, 3.63) is 35.4 Å². The van der Waals surface area contributed by atoms with Gasteiger partial charge >= 0.3 is 0 Å². The van der Waals surface area contributed by atoms with Crippen LogP contribution in [0.2, 0.25) is 0 Å². The summed E-state index contributed by atoms with van der Waals surface area (Å²) in [5.41, 5.74) is 2.72. The molecule has 1 aliphatic heterocycles. The molecule has 0 aromatic heterocycles. The van der Waals surface area contributed by atoms with E-state index >= 15 is 0 Å². The van der Waals surface area contributed by atoms with Gasteiger partial charge in [0.15, 0.2) is 5.96 Å². The minimum atomic E-state index is 0.305. The van der Waals surface area contributed by atoms with Crippen molar-refractivity contribution in [2.45, 2.75) is 52.0 Å². The molecule has 0 bridgehead atoms. The summed E-state index contributed by atoms with van der Waals surface area (Å²) < 4.78 is 5.85. The summed E-state index contributed by atoms with van der Waals surface area (Å²) in [5.74, 6) is 1.74. The van der Waals surface area contributed by atoms with Crippen LogP contribution < -0.4 is 10.6 Å². The van der Waals surface area contributed by atoms with Gasteiger partial charge in [0.05, 0.1) is 12.2 Å². The van der Waals surface area contributed by atoms with Crippen LogP contribution in [0.15, 0.2) is 29.3 Å². The van der Waals surface area contributed by atoms with Crippen molar-refractivity contribution in [3.63, 3.8) is 0 Å². The highest BCUT2D eigenvalue weighted by Crippen LogP contribution is 2.27. The molecule has 25 heavy (non-hydrogen) atoms. The first kappa shape index (κ1) is 18.2. The van der Waals surface area contributed by atoms with E-state index in [0.717, 1.165) is 44.6 Å². The van der Waals surface area contributed by atoms with E-state index in [1.165, 1.54) is 24.0 Å². The Hall–Kier alpha value is -1.59. The van der Waals surface area contributed by atoms with E-state index in [1.54, 1.807) is 0 Å². The van der Waals surface area contributed by atoms with E-state index in [-0.39, 0.29) is 0 Å². The topological polar surface area (TPSA) is 48.9 Å². The fourth-order valence-electron chi connectivity index (χ4n) is 3.50.